The van der Waals surface area contributed by atoms with Crippen LogP contribution >= 0.6 is 0 Å². The molecule has 0 atom stereocenters. The van der Waals surface area contributed by atoms with Gasteiger partial charge in [-0.05, 0) is 47.9 Å². The first-order valence-corrected chi connectivity index (χ1v) is 8.32. The first-order valence-electron chi connectivity index (χ1n) is 8.32. The van der Waals surface area contributed by atoms with Crippen LogP contribution in [-0.2, 0) is 0 Å². The molecular formula is C22H23N. The van der Waals surface area contributed by atoms with Gasteiger partial charge < -0.3 is 4.90 Å². The van der Waals surface area contributed by atoms with Crippen LogP contribution in [0.2, 0.25) is 0 Å². The van der Waals surface area contributed by atoms with Gasteiger partial charge in [-0.3, -0.25) is 0 Å². The summed E-state index contributed by atoms with van der Waals surface area (Å²) < 4.78 is 0. The molecule has 0 spiro atoms. The highest BCUT2D eigenvalue weighted by molar-refractivity contribution is 5.92. The van der Waals surface area contributed by atoms with E-state index in [9.17, 15) is 0 Å². The minimum absolute atomic E-state index is 1.04. The molecule has 0 N–H and O–H groups in total. The molecule has 0 aromatic heterocycles. The van der Waals surface area contributed by atoms with Gasteiger partial charge in [0.15, 0.2) is 0 Å². The van der Waals surface area contributed by atoms with E-state index >= 15 is 0 Å². The minimum atomic E-state index is 1.04. The van der Waals surface area contributed by atoms with Crippen molar-refractivity contribution in [3.8, 4) is 0 Å². The minimum Gasteiger partial charge on any atom is -0.372 e. The maximum atomic E-state index is 2.36. The Labute approximate surface area is 138 Å². The van der Waals surface area contributed by atoms with E-state index in [-0.39, 0.29) is 0 Å². The Morgan fingerprint density at radius 3 is 2.17 bits per heavy atom. The molecule has 0 amide bonds. The highest BCUT2D eigenvalue weighted by atomic mass is 15.1. The quantitative estimate of drug-likeness (QED) is 0.534. The van der Waals surface area contributed by atoms with Crippen LogP contribution in [0.15, 0.2) is 66.7 Å². The number of anilines is 1. The van der Waals surface area contributed by atoms with Crippen molar-refractivity contribution in [3.05, 3.63) is 77.9 Å². The average molecular weight is 301 g/mol. The number of hydrogen-bond acceptors (Lipinski definition) is 1. The molecule has 0 saturated heterocycles. The van der Waals surface area contributed by atoms with E-state index in [1.165, 1.54) is 27.6 Å². The molecule has 3 rings (SSSR count). The monoisotopic (exact) mass is 301 g/mol. The first-order chi connectivity index (χ1) is 11.3. The molecule has 1 heteroatoms. The van der Waals surface area contributed by atoms with Crippen molar-refractivity contribution in [1.29, 1.82) is 0 Å². The molecule has 0 heterocycles. The molecule has 0 fully saturated rings. The second kappa shape index (κ2) is 7.15. The van der Waals surface area contributed by atoms with Crippen LogP contribution in [0.3, 0.4) is 0 Å². The lowest BCUT2D eigenvalue weighted by atomic mass is 10.0. The van der Waals surface area contributed by atoms with Gasteiger partial charge in [-0.1, -0.05) is 66.7 Å². The van der Waals surface area contributed by atoms with E-state index in [0.29, 0.717) is 0 Å². The molecule has 1 nitrogen and oxygen atoms in total. The van der Waals surface area contributed by atoms with Gasteiger partial charge in [0, 0.05) is 18.8 Å². The van der Waals surface area contributed by atoms with Gasteiger partial charge in [0.2, 0.25) is 0 Å². The fourth-order valence-electron chi connectivity index (χ4n) is 2.97. The molecule has 0 saturated carbocycles. The van der Waals surface area contributed by atoms with Gasteiger partial charge >= 0.3 is 0 Å². The van der Waals surface area contributed by atoms with Crippen molar-refractivity contribution in [2.24, 2.45) is 0 Å². The van der Waals surface area contributed by atoms with E-state index in [1.807, 2.05) is 0 Å². The summed E-state index contributed by atoms with van der Waals surface area (Å²) in [6, 6.07) is 23.8. The lowest BCUT2D eigenvalue weighted by molar-refractivity contribution is 0.866. The molecule has 3 aromatic rings. The van der Waals surface area contributed by atoms with Crippen molar-refractivity contribution in [1.82, 2.24) is 0 Å². The molecule has 0 aliphatic carbocycles. The average Bonchev–Trinajstić information content (AvgIpc) is 2.62. The van der Waals surface area contributed by atoms with Gasteiger partial charge in [0.25, 0.3) is 0 Å². The predicted molar refractivity (Wildman–Crippen MR) is 103 cm³/mol. The molecule has 3 aromatic carbocycles. The molecule has 116 valence electrons. The second-order valence-electron chi connectivity index (χ2n) is 5.67. The van der Waals surface area contributed by atoms with Crippen LogP contribution in [0.25, 0.3) is 22.9 Å². The predicted octanol–water partition coefficient (Wildman–Crippen LogP) is 5.86. The molecule has 0 unspecified atom stereocenters. The van der Waals surface area contributed by atoms with Gasteiger partial charge in [-0.2, -0.15) is 0 Å². The van der Waals surface area contributed by atoms with Crippen molar-refractivity contribution < 1.29 is 0 Å². The summed E-state index contributed by atoms with van der Waals surface area (Å²) in [6.45, 7) is 6.47. The SMILES string of the molecule is CCN(CC)c1ccc(/C=C/c2cccc3ccccc23)cc1. The third kappa shape index (κ3) is 3.45. The molecule has 0 radical (unpaired) electrons. The van der Waals surface area contributed by atoms with E-state index in [2.05, 4.69) is 97.6 Å². The topological polar surface area (TPSA) is 3.24 Å². The van der Waals surface area contributed by atoms with E-state index in [1.54, 1.807) is 0 Å². The summed E-state index contributed by atoms with van der Waals surface area (Å²) in [6.07, 6.45) is 4.39. The lowest BCUT2D eigenvalue weighted by Gasteiger charge is -2.20. The van der Waals surface area contributed by atoms with Crippen LogP contribution in [0, 0.1) is 0 Å². The second-order valence-corrected chi connectivity index (χ2v) is 5.67. The molecule has 0 bridgehead atoms. The van der Waals surface area contributed by atoms with Crippen LogP contribution in [0.5, 0.6) is 0 Å². The van der Waals surface area contributed by atoms with Gasteiger partial charge in [-0.15, -0.1) is 0 Å². The highest BCUT2D eigenvalue weighted by Crippen LogP contribution is 2.21. The number of fused-ring (bicyclic) bond motifs is 1. The third-order valence-corrected chi connectivity index (χ3v) is 4.30. The Bertz CT molecular complexity index is 790. The van der Waals surface area contributed by atoms with Gasteiger partial charge in [0.05, 0.1) is 0 Å². The summed E-state index contributed by atoms with van der Waals surface area (Å²) >= 11 is 0. The normalized spacial score (nSPS) is 11.2. The summed E-state index contributed by atoms with van der Waals surface area (Å²) in [4.78, 5) is 2.36. The van der Waals surface area contributed by atoms with Gasteiger partial charge in [0.1, 0.15) is 0 Å². The van der Waals surface area contributed by atoms with Crippen molar-refractivity contribution in [2.75, 3.05) is 18.0 Å². The van der Waals surface area contributed by atoms with Crippen LogP contribution in [0.4, 0.5) is 5.69 Å². The first kappa shape index (κ1) is 15.4. The molecular weight excluding hydrogens is 278 g/mol. The van der Waals surface area contributed by atoms with Gasteiger partial charge in [-0.25, -0.2) is 0 Å². The molecule has 0 aliphatic rings. The smallest absolute Gasteiger partial charge is 0.0366 e. The van der Waals surface area contributed by atoms with Crippen LogP contribution < -0.4 is 4.90 Å². The van der Waals surface area contributed by atoms with E-state index < -0.39 is 0 Å². The highest BCUT2D eigenvalue weighted by Gasteiger charge is 2.00. The van der Waals surface area contributed by atoms with Crippen molar-refractivity contribution in [2.45, 2.75) is 13.8 Å². The zero-order valence-corrected chi connectivity index (χ0v) is 13.9. The summed E-state index contributed by atoms with van der Waals surface area (Å²) in [5.41, 5.74) is 3.78. The molecule has 0 aliphatic heterocycles. The number of rotatable bonds is 5. The van der Waals surface area contributed by atoms with Crippen LogP contribution in [0.1, 0.15) is 25.0 Å². The fourth-order valence-corrected chi connectivity index (χ4v) is 2.97. The lowest BCUT2D eigenvalue weighted by Crippen LogP contribution is -2.21. The summed E-state index contributed by atoms with van der Waals surface area (Å²) in [5.74, 6) is 0. The van der Waals surface area contributed by atoms with E-state index in [0.717, 1.165) is 13.1 Å². The number of nitrogens with zero attached hydrogens (tertiary/aromatic N) is 1. The number of hydrogen-bond donors (Lipinski definition) is 0. The standard InChI is InChI=1S/C22H23N/c1-3-23(4-2)21-16-13-18(14-17-21)12-15-20-10-7-9-19-8-5-6-11-22(19)20/h5-17H,3-4H2,1-2H3/b15-12+. The third-order valence-electron chi connectivity index (χ3n) is 4.30. The largest absolute Gasteiger partial charge is 0.372 e. The Kier molecular flexibility index (Phi) is 4.77. The van der Waals surface area contributed by atoms with Crippen LogP contribution in [-0.4, -0.2) is 13.1 Å². The molecule has 23 heavy (non-hydrogen) atoms. The Hall–Kier alpha value is -2.54. The zero-order chi connectivity index (χ0) is 16.1. The fraction of sp³-hybridized carbons (Fsp3) is 0.182. The Morgan fingerprint density at radius 2 is 1.43 bits per heavy atom. The zero-order valence-electron chi connectivity index (χ0n) is 13.9. The maximum Gasteiger partial charge on any atom is 0.0366 e. The number of benzene rings is 3. The van der Waals surface area contributed by atoms with Crippen molar-refractivity contribution >= 4 is 28.6 Å². The Morgan fingerprint density at radius 1 is 0.739 bits per heavy atom. The van der Waals surface area contributed by atoms with E-state index in [4.69, 9.17) is 0 Å². The summed E-state index contributed by atoms with van der Waals surface area (Å²) in [5, 5.41) is 2.58. The maximum absolute atomic E-state index is 2.36. The summed E-state index contributed by atoms with van der Waals surface area (Å²) in [7, 11) is 0. The Balaban J connectivity index is 1.85. The van der Waals surface area contributed by atoms with Crippen molar-refractivity contribution in [3.63, 3.8) is 0 Å².